The third-order valence-corrected chi connectivity index (χ3v) is 6.75. The molecular weight excluding hydrogens is 380 g/mol. The predicted octanol–water partition coefficient (Wildman–Crippen LogP) is 1.52. The van der Waals surface area contributed by atoms with Gasteiger partial charge in [-0.15, -0.1) is 23.4 Å². The third kappa shape index (κ3) is 3.22. The number of alkyl halides is 1. The molecule has 4 atom stereocenters. The highest BCUT2D eigenvalue weighted by Gasteiger charge is 2.64. The smallest absolute Gasteiger partial charge is 0.331 e. The number of halogens is 1. The molecule has 3 rings (SSSR count). The van der Waals surface area contributed by atoms with E-state index in [2.05, 4.69) is 0 Å². The number of imide groups is 1. The van der Waals surface area contributed by atoms with Crippen LogP contribution in [-0.4, -0.2) is 67.2 Å². The van der Waals surface area contributed by atoms with Crippen LogP contribution in [0.5, 0.6) is 0 Å². The Morgan fingerprint density at radius 2 is 1.81 bits per heavy atom. The molecule has 144 valence electrons. The van der Waals surface area contributed by atoms with Gasteiger partial charge in [0.25, 0.3) is 5.91 Å². The van der Waals surface area contributed by atoms with Gasteiger partial charge in [-0.25, -0.2) is 4.79 Å². The Kier molecular flexibility index (Phi) is 4.80. The number of β-lactam (4-membered cyclic amide) rings is 1. The molecule has 7 nitrogen and oxygen atoms in total. The predicted molar refractivity (Wildman–Crippen MR) is 96.5 cm³/mol. The molecule has 0 N–H and O–H groups in total. The van der Waals surface area contributed by atoms with Gasteiger partial charge >= 0.3 is 5.97 Å². The fourth-order valence-electron chi connectivity index (χ4n) is 3.57. The minimum atomic E-state index is -0.986. The van der Waals surface area contributed by atoms with Crippen molar-refractivity contribution in [3.05, 3.63) is 0 Å². The van der Waals surface area contributed by atoms with Gasteiger partial charge in [0.15, 0.2) is 6.04 Å². The topological polar surface area (TPSA) is 84.0 Å². The molecule has 3 amide bonds. The van der Waals surface area contributed by atoms with Crippen molar-refractivity contribution in [1.82, 2.24) is 9.80 Å². The second-order valence-electron chi connectivity index (χ2n) is 8.12. The standard InChI is InChI=1S/C17H23ClN2O5S/c1-16(2,3)25-15(24)12-17(4,18)8-26-14-11(13(23)20(12)14)19-9(21)6-5-7-10(19)22/h11-12,14H,5-8H2,1-4H3/t11?,12?,14-,17+/m0/s1. The fraction of sp³-hybridized carbons (Fsp3) is 0.765. The number of amides is 3. The average molecular weight is 403 g/mol. The van der Waals surface area contributed by atoms with E-state index in [4.69, 9.17) is 16.3 Å². The summed E-state index contributed by atoms with van der Waals surface area (Å²) in [5.74, 6) is -1.24. The first-order chi connectivity index (χ1) is 11.9. The molecule has 9 heteroatoms. The lowest BCUT2D eigenvalue weighted by Crippen LogP contribution is -2.79. The van der Waals surface area contributed by atoms with Gasteiger partial charge < -0.3 is 9.64 Å². The van der Waals surface area contributed by atoms with Crippen LogP contribution >= 0.6 is 23.4 Å². The molecular formula is C17H23ClN2O5S. The number of carbonyl (C=O) groups is 4. The molecule has 0 aromatic heterocycles. The lowest BCUT2D eigenvalue weighted by molar-refractivity contribution is -0.181. The first-order valence-corrected chi connectivity index (χ1v) is 10.1. The summed E-state index contributed by atoms with van der Waals surface area (Å²) in [5, 5.41) is -0.460. The Labute approximate surface area is 161 Å². The average Bonchev–Trinajstić information content (AvgIpc) is 2.48. The van der Waals surface area contributed by atoms with Gasteiger partial charge in [-0.3, -0.25) is 19.3 Å². The molecule has 0 aromatic carbocycles. The second-order valence-corrected chi connectivity index (χ2v) is 10.1. The zero-order valence-corrected chi connectivity index (χ0v) is 16.9. The zero-order valence-electron chi connectivity index (χ0n) is 15.3. The van der Waals surface area contributed by atoms with Gasteiger partial charge in [0.05, 0.1) is 4.87 Å². The van der Waals surface area contributed by atoms with Crippen molar-refractivity contribution < 1.29 is 23.9 Å². The van der Waals surface area contributed by atoms with Crippen molar-refractivity contribution in [3.8, 4) is 0 Å². The summed E-state index contributed by atoms with van der Waals surface area (Å²) in [5.41, 5.74) is -0.712. The summed E-state index contributed by atoms with van der Waals surface area (Å²) in [6.07, 6.45) is 1.03. The number of esters is 1. The molecule has 3 heterocycles. The maximum absolute atomic E-state index is 12.9. The summed E-state index contributed by atoms with van der Waals surface area (Å²) in [6, 6.07) is -1.80. The van der Waals surface area contributed by atoms with E-state index in [9.17, 15) is 19.2 Å². The fourth-order valence-corrected chi connectivity index (χ4v) is 5.41. The first-order valence-electron chi connectivity index (χ1n) is 8.64. The molecule has 0 bridgehead atoms. The quantitative estimate of drug-likeness (QED) is 0.301. The van der Waals surface area contributed by atoms with Crippen LogP contribution < -0.4 is 0 Å². The van der Waals surface area contributed by atoms with Crippen molar-refractivity contribution >= 4 is 47.1 Å². The lowest BCUT2D eigenvalue weighted by Gasteiger charge is -2.58. The zero-order chi connectivity index (χ0) is 19.4. The number of piperidine rings is 1. The summed E-state index contributed by atoms with van der Waals surface area (Å²) in [7, 11) is 0. The van der Waals surface area contributed by atoms with Crippen LogP contribution in [0, 0.1) is 0 Å². The van der Waals surface area contributed by atoms with Crippen molar-refractivity contribution in [3.63, 3.8) is 0 Å². The van der Waals surface area contributed by atoms with E-state index in [0.717, 1.165) is 4.90 Å². The van der Waals surface area contributed by atoms with Gasteiger partial charge in [0, 0.05) is 18.6 Å². The molecule has 2 unspecified atom stereocenters. The molecule has 0 radical (unpaired) electrons. The van der Waals surface area contributed by atoms with E-state index in [0.29, 0.717) is 12.2 Å². The van der Waals surface area contributed by atoms with Crippen LogP contribution in [0.3, 0.4) is 0 Å². The number of rotatable bonds is 2. The van der Waals surface area contributed by atoms with E-state index in [-0.39, 0.29) is 24.7 Å². The normalized spacial score (nSPS) is 35.1. The first kappa shape index (κ1) is 19.5. The van der Waals surface area contributed by atoms with E-state index in [1.54, 1.807) is 27.7 Å². The molecule has 0 spiro atoms. The van der Waals surface area contributed by atoms with E-state index < -0.39 is 39.8 Å². The number of thioether (sulfide) groups is 1. The van der Waals surface area contributed by atoms with Crippen LogP contribution in [0.1, 0.15) is 47.0 Å². The highest BCUT2D eigenvalue weighted by Crippen LogP contribution is 2.47. The largest absolute Gasteiger partial charge is 0.458 e. The number of hydrogen-bond acceptors (Lipinski definition) is 6. The van der Waals surface area contributed by atoms with Crippen LogP contribution in [0.25, 0.3) is 0 Å². The van der Waals surface area contributed by atoms with Crippen molar-refractivity contribution in [2.45, 2.75) is 74.9 Å². The van der Waals surface area contributed by atoms with Crippen molar-refractivity contribution in [2.75, 3.05) is 5.75 Å². The summed E-state index contributed by atoms with van der Waals surface area (Å²) >= 11 is 7.94. The van der Waals surface area contributed by atoms with Crippen LogP contribution in [-0.2, 0) is 23.9 Å². The highest BCUT2D eigenvalue weighted by molar-refractivity contribution is 8.00. The van der Waals surface area contributed by atoms with Crippen molar-refractivity contribution in [2.24, 2.45) is 0 Å². The third-order valence-electron chi connectivity index (χ3n) is 4.66. The minimum absolute atomic E-state index is 0.260. The molecule has 0 saturated carbocycles. The monoisotopic (exact) mass is 402 g/mol. The lowest BCUT2D eigenvalue weighted by atomic mass is 9.92. The molecule has 3 fully saturated rings. The van der Waals surface area contributed by atoms with Gasteiger partial charge in [0.1, 0.15) is 17.0 Å². The maximum Gasteiger partial charge on any atom is 0.331 e. The number of likely N-dealkylation sites (tertiary alicyclic amines) is 1. The van der Waals surface area contributed by atoms with Crippen LogP contribution in [0.4, 0.5) is 0 Å². The molecule has 3 aliphatic heterocycles. The molecule has 3 aliphatic rings. The Bertz CT molecular complexity index is 659. The number of carbonyl (C=O) groups excluding carboxylic acids is 4. The Morgan fingerprint density at radius 1 is 1.23 bits per heavy atom. The Morgan fingerprint density at radius 3 is 2.35 bits per heavy atom. The van der Waals surface area contributed by atoms with E-state index in [1.807, 2.05) is 0 Å². The summed E-state index contributed by atoms with van der Waals surface area (Å²) in [6.45, 7) is 6.94. The molecule has 26 heavy (non-hydrogen) atoms. The highest BCUT2D eigenvalue weighted by atomic mass is 35.5. The van der Waals surface area contributed by atoms with E-state index in [1.165, 1.54) is 16.7 Å². The molecule has 3 saturated heterocycles. The Hall–Kier alpha value is -1.28. The van der Waals surface area contributed by atoms with E-state index >= 15 is 0 Å². The maximum atomic E-state index is 12.9. The van der Waals surface area contributed by atoms with Gasteiger partial charge in [-0.1, -0.05) is 0 Å². The van der Waals surface area contributed by atoms with Crippen LogP contribution in [0.15, 0.2) is 0 Å². The minimum Gasteiger partial charge on any atom is -0.458 e. The van der Waals surface area contributed by atoms with Gasteiger partial charge in [-0.2, -0.15) is 0 Å². The van der Waals surface area contributed by atoms with Gasteiger partial charge in [0.2, 0.25) is 11.8 Å². The summed E-state index contributed by atoms with van der Waals surface area (Å²) in [4.78, 5) is 51.5. The summed E-state index contributed by atoms with van der Waals surface area (Å²) < 4.78 is 5.46. The van der Waals surface area contributed by atoms with Gasteiger partial charge in [-0.05, 0) is 34.1 Å². The molecule has 0 aromatic rings. The SMILES string of the molecule is CC(C)(C)OC(=O)C1N2C(=O)C(N3C(=O)CCCC3=O)[C@@H]2SC[C@@]1(C)Cl. The second kappa shape index (κ2) is 6.41. The number of nitrogens with zero attached hydrogens (tertiary/aromatic N) is 2. The number of fused-ring (bicyclic) bond motifs is 1. The van der Waals surface area contributed by atoms with Crippen molar-refractivity contribution in [1.29, 1.82) is 0 Å². The van der Waals surface area contributed by atoms with Crippen LogP contribution in [0.2, 0.25) is 0 Å². The number of ether oxygens (including phenoxy) is 1. The number of hydrogen-bond donors (Lipinski definition) is 0. The molecule has 0 aliphatic carbocycles. The Balaban J connectivity index is 1.86.